The van der Waals surface area contributed by atoms with E-state index in [0.29, 0.717) is 10.9 Å². The quantitative estimate of drug-likeness (QED) is 0.913. The number of fused-ring (bicyclic) bond motifs is 1. The predicted octanol–water partition coefficient (Wildman–Crippen LogP) is 3.17. The third-order valence-electron chi connectivity index (χ3n) is 4.13. The molecular weight excluding hydrogens is 254 g/mol. The summed E-state index contributed by atoms with van der Waals surface area (Å²) >= 11 is 2.11. The standard InChI is InChI=1S/C16H23NOS/c1-12-4-5-15-13(8-12)9-14(18-15)10-17-11-16(2)6-3-7-19-16/h4-5,8,14,17H,3,6-7,9-11H2,1-2H3. The Morgan fingerprint density at radius 2 is 2.37 bits per heavy atom. The molecule has 0 radical (unpaired) electrons. The normalized spacial score (nSPS) is 29.3. The highest BCUT2D eigenvalue weighted by molar-refractivity contribution is 8.00. The van der Waals surface area contributed by atoms with Crippen LogP contribution in [-0.4, -0.2) is 29.7 Å². The van der Waals surface area contributed by atoms with Crippen molar-refractivity contribution >= 4 is 11.8 Å². The van der Waals surface area contributed by atoms with Crippen molar-refractivity contribution in [1.82, 2.24) is 5.32 Å². The number of aryl methyl sites for hydroxylation is 1. The second kappa shape index (κ2) is 5.37. The van der Waals surface area contributed by atoms with E-state index in [9.17, 15) is 0 Å². The van der Waals surface area contributed by atoms with Crippen molar-refractivity contribution in [1.29, 1.82) is 0 Å². The Kier molecular flexibility index (Phi) is 3.77. The molecule has 2 unspecified atom stereocenters. The fraction of sp³-hybridized carbons (Fsp3) is 0.625. The van der Waals surface area contributed by atoms with Crippen molar-refractivity contribution in [2.24, 2.45) is 0 Å². The van der Waals surface area contributed by atoms with Crippen LogP contribution >= 0.6 is 11.8 Å². The van der Waals surface area contributed by atoms with E-state index in [1.54, 1.807) is 0 Å². The summed E-state index contributed by atoms with van der Waals surface area (Å²) in [4.78, 5) is 0. The maximum Gasteiger partial charge on any atom is 0.123 e. The van der Waals surface area contributed by atoms with Crippen molar-refractivity contribution in [2.45, 2.75) is 44.0 Å². The monoisotopic (exact) mass is 277 g/mol. The molecule has 1 aromatic rings. The van der Waals surface area contributed by atoms with Crippen LogP contribution in [0.5, 0.6) is 5.75 Å². The summed E-state index contributed by atoms with van der Waals surface area (Å²) < 4.78 is 6.44. The molecule has 104 valence electrons. The largest absolute Gasteiger partial charge is 0.488 e. The average Bonchev–Trinajstić information content (AvgIpc) is 2.95. The third kappa shape index (κ3) is 3.09. The van der Waals surface area contributed by atoms with Crippen LogP contribution in [0.3, 0.4) is 0 Å². The Morgan fingerprint density at radius 1 is 1.47 bits per heavy atom. The second-order valence-corrected chi connectivity index (χ2v) is 7.77. The van der Waals surface area contributed by atoms with Crippen LogP contribution in [0.25, 0.3) is 0 Å². The summed E-state index contributed by atoms with van der Waals surface area (Å²) in [6.45, 7) is 6.59. The zero-order valence-electron chi connectivity index (χ0n) is 11.9. The van der Waals surface area contributed by atoms with Gasteiger partial charge >= 0.3 is 0 Å². The molecule has 2 atom stereocenters. The first-order chi connectivity index (χ1) is 9.15. The van der Waals surface area contributed by atoms with Crippen molar-refractivity contribution in [3.05, 3.63) is 29.3 Å². The van der Waals surface area contributed by atoms with Gasteiger partial charge in [0.25, 0.3) is 0 Å². The minimum atomic E-state index is 0.312. The molecule has 0 spiro atoms. The maximum atomic E-state index is 5.99. The molecule has 3 heteroatoms. The molecule has 2 aliphatic rings. The van der Waals surface area contributed by atoms with E-state index in [1.165, 1.54) is 29.7 Å². The first kappa shape index (κ1) is 13.3. The summed E-state index contributed by atoms with van der Waals surface area (Å²) in [5.41, 5.74) is 2.69. The van der Waals surface area contributed by atoms with Crippen LogP contribution < -0.4 is 10.1 Å². The van der Waals surface area contributed by atoms with Crippen LogP contribution in [0.15, 0.2) is 18.2 Å². The predicted molar refractivity (Wildman–Crippen MR) is 82.3 cm³/mol. The van der Waals surface area contributed by atoms with Crippen molar-refractivity contribution < 1.29 is 4.74 Å². The molecule has 0 amide bonds. The van der Waals surface area contributed by atoms with Crippen LogP contribution in [0, 0.1) is 6.92 Å². The molecular formula is C16H23NOS. The minimum Gasteiger partial charge on any atom is -0.488 e. The van der Waals surface area contributed by atoms with E-state index in [2.05, 4.69) is 49.1 Å². The molecule has 0 aliphatic carbocycles. The van der Waals surface area contributed by atoms with Gasteiger partial charge in [-0.25, -0.2) is 0 Å². The van der Waals surface area contributed by atoms with Crippen molar-refractivity contribution in [3.8, 4) is 5.75 Å². The fourth-order valence-electron chi connectivity index (χ4n) is 3.04. The first-order valence-electron chi connectivity index (χ1n) is 7.25. The summed E-state index contributed by atoms with van der Waals surface area (Å²) in [7, 11) is 0. The minimum absolute atomic E-state index is 0.312. The van der Waals surface area contributed by atoms with E-state index in [-0.39, 0.29) is 0 Å². The Labute approximate surface area is 120 Å². The lowest BCUT2D eigenvalue weighted by Gasteiger charge is -2.24. The number of ether oxygens (including phenoxy) is 1. The zero-order chi connectivity index (χ0) is 13.3. The molecule has 0 bridgehead atoms. The zero-order valence-corrected chi connectivity index (χ0v) is 12.7. The van der Waals surface area contributed by atoms with Crippen molar-refractivity contribution in [2.75, 3.05) is 18.8 Å². The lowest BCUT2D eigenvalue weighted by molar-refractivity contribution is 0.226. The molecule has 1 N–H and O–H groups in total. The molecule has 2 heterocycles. The van der Waals surface area contributed by atoms with E-state index < -0.39 is 0 Å². The average molecular weight is 277 g/mol. The van der Waals surface area contributed by atoms with Gasteiger partial charge in [0, 0.05) is 24.3 Å². The smallest absolute Gasteiger partial charge is 0.123 e. The highest BCUT2D eigenvalue weighted by Crippen LogP contribution is 2.37. The fourth-order valence-corrected chi connectivity index (χ4v) is 4.31. The SMILES string of the molecule is Cc1ccc2c(c1)CC(CNCC1(C)CCCS1)O2. The summed E-state index contributed by atoms with van der Waals surface area (Å²) in [5, 5.41) is 3.61. The molecule has 1 saturated heterocycles. The van der Waals surface area contributed by atoms with Gasteiger partial charge in [-0.15, -0.1) is 0 Å². The number of hydrogen-bond acceptors (Lipinski definition) is 3. The van der Waals surface area contributed by atoms with Gasteiger partial charge in [0.2, 0.25) is 0 Å². The lowest BCUT2D eigenvalue weighted by atomic mass is 10.1. The Morgan fingerprint density at radius 3 is 3.16 bits per heavy atom. The molecule has 19 heavy (non-hydrogen) atoms. The number of nitrogens with one attached hydrogen (secondary N) is 1. The Hall–Kier alpha value is -0.670. The van der Waals surface area contributed by atoms with Crippen LogP contribution in [0.2, 0.25) is 0 Å². The van der Waals surface area contributed by atoms with Gasteiger partial charge < -0.3 is 10.1 Å². The lowest BCUT2D eigenvalue weighted by Crippen LogP contribution is -2.38. The third-order valence-corrected chi connectivity index (χ3v) is 5.67. The van der Waals surface area contributed by atoms with E-state index >= 15 is 0 Å². The molecule has 2 nitrogen and oxygen atoms in total. The topological polar surface area (TPSA) is 21.3 Å². The summed E-state index contributed by atoms with van der Waals surface area (Å²) in [5.74, 6) is 2.40. The van der Waals surface area contributed by atoms with Gasteiger partial charge in [-0.3, -0.25) is 0 Å². The maximum absolute atomic E-state index is 5.99. The second-order valence-electron chi connectivity index (χ2n) is 6.09. The van der Waals surface area contributed by atoms with Gasteiger partial charge in [0.05, 0.1) is 0 Å². The molecule has 3 rings (SSSR count). The summed E-state index contributed by atoms with van der Waals surface area (Å²) in [6, 6.07) is 6.49. The van der Waals surface area contributed by atoms with Gasteiger partial charge in [-0.05, 0) is 44.1 Å². The Bertz CT molecular complexity index is 454. The van der Waals surface area contributed by atoms with Gasteiger partial charge in [0.15, 0.2) is 0 Å². The van der Waals surface area contributed by atoms with Crippen LogP contribution in [0.4, 0.5) is 0 Å². The summed E-state index contributed by atoms with van der Waals surface area (Å²) in [6.07, 6.45) is 4.07. The van der Waals surface area contributed by atoms with Crippen LogP contribution in [-0.2, 0) is 6.42 Å². The molecule has 0 saturated carbocycles. The highest BCUT2D eigenvalue weighted by atomic mass is 32.2. The van der Waals surface area contributed by atoms with Crippen molar-refractivity contribution in [3.63, 3.8) is 0 Å². The van der Waals surface area contributed by atoms with E-state index in [4.69, 9.17) is 4.74 Å². The van der Waals surface area contributed by atoms with Gasteiger partial charge in [-0.2, -0.15) is 11.8 Å². The number of rotatable bonds is 4. The highest BCUT2D eigenvalue weighted by Gasteiger charge is 2.30. The molecule has 1 aromatic carbocycles. The van der Waals surface area contributed by atoms with Gasteiger partial charge in [-0.1, -0.05) is 17.7 Å². The first-order valence-corrected chi connectivity index (χ1v) is 8.24. The molecule has 0 aromatic heterocycles. The van der Waals surface area contributed by atoms with E-state index in [1.807, 2.05) is 0 Å². The Balaban J connectivity index is 1.48. The van der Waals surface area contributed by atoms with Gasteiger partial charge in [0.1, 0.15) is 11.9 Å². The number of hydrogen-bond donors (Lipinski definition) is 1. The van der Waals surface area contributed by atoms with E-state index in [0.717, 1.165) is 25.3 Å². The number of benzene rings is 1. The number of thioether (sulfide) groups is 1. The molecule has 2 aliphatic heterocycles. The molecule has 1 fully saturated rings. The van der Waals surface area contributed by atoms with Crippen LogP contribution in [0.1, 0.15) is 30.9 Å².